The van der Waals surface area contributed by atoms with Crippen LogP contribution >= 0.6 is 11.3 Å². The van der Waals surface area contributed by atoms with Crippen LogP contribution in [0.4, 0.5) is 0 Å². The van der Waals surface area contributed by atoms with Gasteiger partial charge < -0.3 is 5.73 Å². The Labute approximate surface area is 111 Å². The number of nitrogens with two attached hydrogens (primary N) is 1. The molecule has 2 aromatic rings. The quantitative estimate of drug-likeness (QED) is 0.905. The summed E-state index contributed by atoms with van der Waals surface area (Å²) in [5, 5.41) is 5.43. The van der Waals surface area contributed by atoms with Crippen LogP contribution in [0.1, 0.15) is 49.3 Å². The van der Waals surface area contributed by atoms with Crippen LogP contribution in [-0.4, -0.2) is 14.8 Å². The first-order valence-corrected chi connectivity index (χ1v) is 7.26. The number of hydrogen-bond donors (Lipinski definition) is 1. The van der Waals surface area contributed by atoms with Gasteiger partial charge in [-0.15, -0.1) is 11.3 Å². The first-order valence-electron chi connectivity index (χ1n) is 6.45. The highest BCUT2D eigenvalue weighted by Gasteiger charge is 2.22. The molecule has 0 fully saturated rings. The molecule has 4 nitrogen and oxygen atoms in total. The second-order valence-electron chi connectivity index (χ2n) is 5.13. The lowest BCUT2D eigenvalue weighted by molar-refractivity contribution is 0.532. The third-order valence-electron chi connectivity index (χ3n) is 3.37. The molecule has 3 rings (SSSR count). The zero-order valence-electron chi connectivity index (χ0n) is 10.8. The average molecular weight is 262 g/mol. The Hall–Kier alpha value is -1.20. The van der Waals surface area contributed by atoms with Gasteiger partial charge in [0.05, 0.1) is 11.9 Å². The summed E-state index contributed by atoms with van der Waals surface area (Å²) in [5.74, 6) is 0. The molecule has 2 heterocycles. The van der Waals surface area contributed by atoms with Crippen LogP contribution in [0.25, 0.3) is 10.6 Å². The van der Waals surface area contributed by atoms with Gasteiger partial charge in [0.25, 0.3) is 0 Å². The van der Waals surface area contributed by atoms with Crippen molar-refractivity contribution in [3.05, 3.63) is 23.0 Å². The molecule has 0 spiro atoms. The van der Waals surface area contributed by atoms with Gasteiger partial charge >= 0.3 is 0 Å². The van der Waals surface area contributed by atoms with Gasteiger partial charge in [0.2, 0.25) is 0 Å². The minimum absolute atomic E-state index is 0.181. The lowest BCUT2D eigenvalue weighted by atomic mass is 9.99. The van der Waals surface area contributed by atoms with Gasteiger partial charge in [0, 0.05) is 28.7 Å². The highest BCUT2D eigenvalue weighted by atomic mass is 32.1. The number of aromatic nitrogens is 3. The Balaban J connectivity index is 1.96. The molecule has 2 N–H and O–H groups in total. The molecular formula is C13H18N4S. The SMILES string of the molecule is CC(C)n1cc(-c2nc3c(s2)C(N)CCC3)cn1. The van der Waals surface area contributed by atoms with Gasteiger partial charge in [-0.1, -0.05) is 0 Å². The van der Waals surface area contributed by atoms with E-state index in [9.17, 15) is 0 Å². The normalized spacial score (nSPS) is 19.2. The lowest BCUT2D eigenvalue weighted by Gasteiger charge is -2.15. The smallest absolute Gasteiger partial charge is 0.127 e. The maximum Gasteiger partial charge on any atom is 0.127 e. The van der Waals surface area contributed by atoms with Crippen molar-refractivity contribution < 1.29 is 0 Å². The summed E-state index contributed by atoms with van der Waals surface area (Å²) in [4.78, 5) is 6.00. The highest BCUT2D eigenvalue weighted by molar-refractivity contribution is 7.15. The van der Waals surface area contributed by atoms with E-state index in [0.717, 1.165) is 29.8 Å². The molecular weight excluding hydrogens is 244 g/mol. The third kappa shape index (κ3) is 1.97. The van der Waals surface area contributed by atoms with Crippen LogP contribution in [0.2, 0.25) is 0 Å². The van der Waals surface area contributed by atoms with Gasteiger partial charge in [-0.05, 0) is 33.1 Å². The van der Waals surface area contributed by atoms with E-state index < -0.39 is 0 Å². The van der Waals surface area contributed by atoms with E-state index in [2.05, 4.69) is 25.1 Å². The van der Waals surface area contributed by atoms with Crippen molar-refractivity contribution in [2.24, 2.45) is 5.73 Å². The largest absolute Gasteiger partial charge is 0.323 e. The van der Waals surface area contributed by atoms with Crippen LogP contribution in [0, 0.1) is 0 Å². The molecule has 2 aromatic heterocycles. The van der Waals surface area contributed by atoms with Crippen molar-refractivity contribution in [2.45, 2.75) is 45.2 Å². The minimum atomic E-state index is 0.181. The molecule has 1 atom stereocenters. The standard InChI is InChI=1S/C13H18N4S/c1-8(2)17-7-9(6-15-17)13-16-11-5-3-4-10(14)12(11)18-13/h6-8,10H,3-5,14H2,1-2H3. The summed E-state index contributed by atoms with van der Waals surface area (Å²) >= 11 is 1.73. The fourth-order valence-corrected chi connectivity index (χ4v) is 3.43. The van der Waals surface area contributed by atoms with Crippen molar-refractivity contribution in [2.75, 3.05) is 0 Å². The Morgan fingerprint density at radius 2 is 2.33 bits per heavy atom. The van der Waals surface area contributed by atoms with Gasteiger partial charge in [0.15, 0.2) is 0 Å². The Morgan fingerprint density at radius 3 is 3.00 bits per heavy atom. The number of fused-ring (bicyclic) bond motifs is 1. The van der Waals surface area contributed by atoms with Gasteiger partial charge in [-0.25, -0.2) is 4.98 Å². The van der Waals surface area contributed by atoms with E-state index in [1.165, 1.54) is 10.6 Å². The fraction of sp³-hybridized carbons (Fsp3) is 0.538. The predicted octanol–water partition coefficient (Wildman–Crippen LogP) is 2.92. The molecule has 0 radical (unpaired) electrons. The monoisotopic (exact) mass is 262 g/mol. The molecule has 5 heteroatoms. The van der Waals surface area contributed by atoms with E-state index in [1.807, 2.05) is 10.9 Å². The molecule has 18 heavy (non-hydrogen) atoms. The number of aryl methyl sites for hydroxylation is 1. The summed E-state index contributed by atoms with van der Waals surface area (Å²) < 4.78 is 1.97. The third-order valence-corrected chi connectivity index (χ3v) is 4.65. The van der Waals surface area contributed by atoms with Crippen LogP contribution in [0.5, 0.6) is 0 Å². The van der Waals surface area contributed by atoms with Crippen molar-refractivity contribution in [3.8, 4) is 10.6 Å². The number of rotatable bonds is 2. The number of thiazole rings is 1. The van der Waals surface area contributed by atoms with Gasteiger partial charge in [-0.3, -0.25) is 4.68 Å². The summed E-state index contributed by atoms with van der Waals surface area (Å²) in [6.45, 7) is 4.25. The zero-order chi connectivity index (χ0) is 12.7. The van der Waals surface area contributed by atoms with Crippen LogP contribution in [0.3, 0.4) is 0 Å². The second-order valence-corrected chi connectivity index (χ2v) is 6.16. The van der Waals surface area contributed by atoms with Crippen molar-refractivity contribution in [1.82, 2.24) is 14.8 Å². The highest BCUT2D eigenvalue weighted by Crippen LogP contribution is 2.36. The zero-order valence-corrected chi connectivity index (χ0v) is 11.6. The lowest BCUT2D eigenvalue weighted by Crippen LogP contribution is -2.15. The van der Waals surface area contributed by atoms with Gasteiger partial charge in [0.1, 0.15) is 5.01 Å². The molecule has 0 saturated carbocycles. The first kappa shape index (κ1) is 11.9. The minimum Gasteiger partial charge on any atom is -0.323 e. The number of hydrogen-bond acceptors (Lipinski definition) is 4. The van der Waals surface area contributed by atoms with Crippen LogP contribution < -0.4 is 5.73 Å². The summed E-state index contributed by atoms with van der Waals surface area (Å²) in [5.41, 5.74) is 8.45. The van der Waals surface area contributed by atoms with E-state index in [4.69, 9.17) is 10.7 Å². The first-order chi connectivity index (χ1) is 8.65. The maximum absolute atomic E-state index is 6.14. The van der Waals surface area contributed by atoms with Crippen LogP contribution in [0.15, 0.2) is 12.4 Å². The summed E-state index contributed by atoms with van der Waals surface area (Å²) in [7, 11) is 0. The van der Waals surface area contributed by atoms with Crippen molar-refractivity contribution in [3.63, 3.8) is 0 Å². The van der Waals surface area contributed by atoms with E-state index in [0.29, 0.717) is 6.04 Å². The molecule has 0 saturated heterocycles. The predicted molar refractivity (Wildman–Crippen MR) is 73.6 cm³/mol. The summed E-state index contributed by atoms with van der Waals surface area (Å²) in [6, 6.07) is 0.565. The van der Waals surface area contributed by atoms with Crippen molar-refractivity contribution in [1.29, 1.82) is 0 Å². The Kier molecular flexibility index (Phi) is 2.95. The molecule has 1 unspecified atom stereocenters. The van der Waals surface area contributed by atoms with Crippen LogP contribution in [-0.2, 0) is 6.42 Å². The van der Waals surface area contributed by atoms with Crippen molar-refractivity contribution >= 4 is 11.3 Å². The fourth-order valence-electron chi connectivity index (χ4n) is 2.31. The topological polar surface area (TPSA) is 56.7 Å². The van der Waals surface area contributed by atoms with E-state index in [1.54, 1.807) is 11.3 Å². The Morgan fingerprint density at radius 1 is 1.50 bits per heavy atom. The maximum atomic E-state index is 6.14. The van der Waals surface area contributed by atoms with E-state index >= 15 is 0 Å². The second kappa shape index (κ2) is 4.48. The molecule has 1 aliphatic carbocycles. The molecule has 0 bridgehead atoms. The number of nitrogens with zero attached hydrogens (tertiary/aromatic N) is 3. The molecule has 0 aromatic carbocycles. The molecule has 0 amide bonds. The molecule has 96 valence electrons. The molecule has 0 aliphatic heterocycles. The summed E-state index contributed by atoms with van der Waals surface area (Å²) in [6.07, 6.45) is 7.27. The van der Waals surface area contributed by atoms with E-state index in [-0.39, 0.29) is 6.04 Å². The Bertz CT molecular complexity index is 555. The average Bonchev–Trinajstić information content (AvgIpc) is 2.95. The van der Waals surface area contributed by atoms with Gasteiger partial charge in [-0.2, -0.15) is 5.10 Å². The molecule has 1 aliphatic rings.